The predicted octanol–water partition coefficient (Wildman–Crippen LogP) is 0.805. The third-order valence-electron chi connectivity index (χ3n) is 0.248. The molecule has 4 nitrogen and oxygen atoms in total. The summed E-state index contributed by atoms with van der Waals surface area (Å²) in [5, 5.41) is 0. The summed E-state index contributed by atoms with van der Waals surface area (Å²) in [6.07, 6.45) is -0.168. The standard InChI is InChI=1S/CH4O4P2/c2-6-1-5-7(3)4/h1,6H2. The highest BCUT2D eigenvalue weighted by atomic mass is 31.1. The van der Waals surface area contributed by atoms with Crippen LogP contribution in [0.1, 0.15) is 0 Å². The Balaban J connectivity index is 3.14. The molecule has 1 atom stereocenters. The summed E-state index contributed by atoms with van der Waals surface area (Å²) in [4.78, 5) is 0. The molecule has 0 amide bonds. The lowest BCUT2D eigenvalue weighted by Crippen LogP contribution is -1.64. The zero-order valence-electron chi connectivity index (χ0n) is 3.36. The Kier molecular flexibility index (Phi) is 4.31. The van der Waals surface area contributed by atoms with E-state index in [1.54, 1.807) is 0 Å². The highest BCUT2D eigenvalue weighted by Gasteiger charge is 1.83. The van der Waals surface area contributed by atoms with Crippen molar-refractivity contribution in [3.8, 4) is 0 Å². The molecule has 0 saturated heterocycles. The third kappa shape index (κ3) is 6.09. The van der Waals surface area contributed by atoms with Crippen LogP contribution in [0, 0.1) is 0 Å². The Morgan fingerprint density at radius 3 is 2.29 bits per heavy atom. The lowest BCUT2D eigenvalue weighted by atomic mass is 11.7. The van der Waals surface area contributed by atoms with Crippen LogP contribution < -0.4 is 0 Å². The van der Waals surface area contributed by atoms with Crippen LogP contribution in [0.5, 0.6) is 0 Å². The molecule has 0 N–H and O–H groups in total. The maximum atomic E-state index is 9.53. The minimum atomic E-state index is -2.79. The molecule has 0 heterocycles. The van der Waals surface area contributed by atoms with Crippen molar-refractivity contribution in [2.24, 2.45) is 0 Å². The predicted molar refractivity (Wildman–Crippen MR) is 24.6 cm³/mol. The molecule has 0 spiro atoms. The van der Waals surface area contributed by atoms with E-state index in [9.17, 15) is 13.7 Å². The molecule has 0 fully saturated rings. The molecule has 6 heteroatoms. The fourth-order valence-electron chi connectivity index (χ4n) is 0.0913. The Labute approximate surface area is 42.0 Å². The van der Waals surface area contributed by atoms with Crippen LogP contribution in [-0.4, -0.2) is 6.35 Å². The van der Waals surface area contributed by atoms with Gasteiger partial charge >= 0.3 is 7.91 Å². The molecule has 0 radical (unpaired) electrons. The Morgan fingerprint density at radius 2 is 2.14 bits per heavy atom. The fourth-order valence-corrected chi connectivity index (χ4v) is 0.822. The summed E-state index contributed by atoms with van der Waals surface area (Å²) in [6.45, 7) is 0. The summed E-state index contributed by atoms with van der Waals surface area (Å²) in [5.41, 5.74) is 0. The lowest BCUT2D eigenvalue weighted by Gasteiger charge is -1.75. The van der Waals surface area contributed by atoms with Gasteiger partial charge in [0.25, 0.3) is 0 Å². The molecule has 0 aromatic carbocycles. The zero-order chi connectivity index (χ0) is 5.70. The maximum Gasteiger partial charge on any atom is 0.468 e. The van der Waals surface area contributed by atoms with Crippen molar-refractivity contribution >= 4 is 16.4 Å². The first-order valence-corrected chi connectivity index (χ1v) is 3.86. The molecule has 0 rings (SSSR count). The maximum absolute atomic E-state index is 9.53. The van der Waals surface area contributed by atoms with E-state index in [1.165, 1.54) is 0 Å². The van der Waals surface area contributed by atoms with Crippen molar-refractivity contribution in [2.45, 2.75) is 0 Å². The van der Waals surface area contributed by atoms with Crippen LogP contribution in [0.25, 0.3) is 0 Å². The van der Waals surface area contributed by atoms with Gasteiger partial charge in [-0.2, -0.15) is 0 Å². The molecule has 1 unspecified atom stereocenters. The van der Waals surface area contributed by atoms with E-state index in [0.717, 1.165) is 0 Å². The Hall–Kier alpha value is 0.0900. The zero-order valence-corrected chi connectivity index (χ0v) is 5.41. The molecular weight excluding hydrogens is 138 g/mol. The topological polar surface area (TPSA) is 60.4 Å². The van der Waals surface area contributed by atoms with Crippen LogP contribution in [0.4, 0.5) is 0 Å². The van der Waals surface area contributed by atoms with Gasteiger partial charge in [-0.1, -0.05) is 0 Å². The van der Waals surface area contributed by atoms with Crippen LogP contribution in [0.3, 0.4) is 0 Å². The van der Waals surface area contributed by atoms with Gasteiger partial charge in [-0.15, -0.1) is 0 Å². The first-order chi connectivity index (χ1) is 3.27. The van der Waals surface area contributed by atoms with Crippen molar-refractivity contribution in [2.75, 3.05) is 6.35 Å². The average Bonchev–Trinajstić information content (AvgIpc) is 1.61. The lowest BCUT2D eigenvalue weighted by molar-refractivity contribution is 0.353. The quantitative estimate of drug-likeness (QED) is 0.547. The van der Waals surface area contributed by atoms with Gasteiger partial charge in [-0.05, 0) is 0 Å². The van der Waals surface area contributed by atoms with E-state index in [4.69, 9.17) is 0 Å². The van der Waals surface area contributed by atoms with Gasteiger partial charge in [0.05, 0.1) is 8.46 Å². The second-order valence-electron chi connectivity index (χ2n) is 0.686. The highest BCUT2D eigenvalue weighted by molar-refractivity contribution is 7.27. The van der Waals surface area contributed by atoms with Gasteiger partial charge in [-0.25, -0.2) is 9.13 Å². The van der Waals surface area contributed by atoms with Crippen molar-refractivity contribution in [1.82, 2.24) is 0 Å². The first-order valence-electron chi connectivity index (χ1n) is 1.48. The smallest absolute Gasteiger partial charge is 0.328 e. The molecule has 0 aromatic heterocycles. The van der Waals surface area contributed by atoms with E-state index in [0.29, 0.717) is 0 Å². The van der Waals surface area contributed by atoms with Gasteiger partial charge in [-0.3, -0.25) is 4.52 Å². The van der Waals surface area contributed by atoms with Crippen molar-refractivity contribution < 1.29 is 18.2 Å². The molecule has 0 aliphatic carbocycles. The first kappa shape index (κ1) is 7.09. The number of rotatable bonds is 3. The van der Waals surface area contributed by atoms with E-state index in [-0.39, 0.29) is 6.35 Å². The summed E-state index contributed by atoms with van der Waals surface area (Å²) in [7, 11) is -3.88. The van der Waals surface area contributed by atoms with Gasteiger partial charge in [0.2, 0.25) is 0 Å². The Bertz CT molecular complexity index is 107. The average molecular weight is 142 g/mol. The second-order valence-corrected chi connectivity index (χ2v) is 2.06. The van der Waals surface area contributed by atoms with Gasteiger partial charge < -0.3 is 4.57 Å². The molecule has 0 aliphatic heterocycles. The number of hydrogen-bond acceptors (Lipinski definition) is 4. The van der Waals surface area contributed by atoms with Crippen molar-refractivity contribution in [3.63, 3.8) is 0 Å². The van der Waals surface area contributed by atoms with Gasteiger partial charge in [0, 0.05) is 0 Å². The van der Waals surface area contributed by atoms with Gasteiger partial charge in [0.15, 0.2) is 0 Å². The van der Waals surface area contributed by atoms with E-state index < -0.39 is 16.4 Å². The van der Waals surface area contributed by atoms with Crippen LogP contribution in [0.15, 0.2) is 0 Å². The molecule has 0 aromatic rings. The van der Waals surface area contributed by atoms with Crippen LogP contribution in [-0.2, 0) is 18.2 Å². The molecule has 0 bridgehead atoms. The normalized spacial score (nSPS) is 10.3. The van der Waals surface area contributed by atoms with Gasteiger partial charge in [0.1, 0.15) is 6.35 Å². The van der Waals surface area contributed by atoms with Crippen molar-refractivity contribution in [3.05, 3.63) is 0 Å². The van der Waals surface area contributed by atoms with E-state index in [2.05, 4.69) is 4.52 Å². The molecule has 7 heavy (non-hydrogen) atoms. The molecular formula is CH4O4P2. The second kappa shape index (κ2) is 4.25. The summed E-state index contributed by atoms with van der Waals surface area (Å²) in [6, 6.07) is 0. The van der Waals surface area contributed by atoms with Crippen LogP contribution >= 0.6 is 16.4 Å². The molecule has 42 valence electrons. The monoisotopic (exact) mass is 142 g/mol. The largest absolute Gasteiger partial charge is 0.468 e. The highest BCUT2D eigenvalue weighted by Crippen LogP contribution is 2.07. The summed E-state index contributed by atoms with van der Waals surface area (Å²) >= 11 is 0. The SMILES string of the molecule is O=[PH2]COP(=O)=O. The third-order valence-corrected chi connectivity index (χ3v) is 1.19. The summed E-state index contributed by atoms with van der Waals surface area (Å²) in [5.74, 6) is 0. The molecule has 0 saturated carbocycles. The van der Waals surface area contributed by atoms with E-state index in [1.807, 2.05) is 0 Å². The minimum absolute atomic E-state index is 0.168. The van der Waals surface area contributed by atoms with Crippen LogP contribution in [0.2, 0.25) is 0 Å². The minimum Gasteiger partial charge on any atom is -0.328 e. The number of hydrogen-bond donors (Lipinski definition) is 0. The summed E-state index contributed by atoms with van der Waals surface area (Å²) < 4.78 is 32.3. The molecule has 0 aliphatic rings. The fraction of sp³-hybridized carbons (Fsp3) is 1.00. The Morgan fingerprint density at radius 1 is 1.57 bits per heavy atom. The van der Waals surface area contributed by atoms with E-state index >= 15 is 0 Å². The van der Waals surface area contributed by atoms with Crippen molar-refractivity contribution in [1.29, 1.82) is 0 Å².